The van der Waals surface area contributed by atoms with Crippen LogP contribution in [0.4, 0.5) is 0 Å². The fraction of sp³-hybridized carbons (Fsp3) is 0.750. The lowest BCUT2D eigenvalue weighted by molar-refractivity contribution is -0.147. The molecule has 12 heavy (non-hydrogen) atoms. The third-order valence-corrected chi connectivity index (χ3v) is 2.37. The van der Waals surface area contributed by atoms with Crippen molar-refractivity contribution in [1.82, 2.24) is 0 Å². The first-order valence-electron chi connectivity index (χ1n) is 4.07. The van der Waals surface area contributed by atoms with Crippen LogP contribution in [0.15, 0.2) is 0 Å². The highest BCUT2D eigenvalue weighted by atomic mass is 16.4. The van der Waals surface area contributed by atoms with Crippen LogP contribution in [0.1, 0.15) is 25.7 Å². The Morgan fingerprint density at radius 2 is 1.42 bits per heavy atom. The summed E-state index contributed by atoms with van der Waals surface area (Å²) in [4.78, 5) is 21.1. The van der Waals surface area contributed by atoms with Crippen LogP contribution in [0.3, 0.4) is 0 Å². The van der Waals surface area contributed by atoms with Crippen molar-refractivity contribution in [2.24, 2.45) is 11.8 Å². The van der Waals surface area contributed by atoms with Crippen LogP contribution in [0.5, 0.6) is 0 Å². The molecule has 2 atom stereocenters. The van der Waals surface area contributed by atoms with E-state index in [1.54, 1.807) is 0 Å². The highest BCUT2D eigenvalue weighted by Crippen LogP contribution is 2.29. The summed E-state index contributed by atoms with van der Waals surface area (Å²) in [5.74, 6) is -2.61. The van der Waals surface area contributed by atoms with Crippen molar-refractivity contribution in [3.05, 3.63) is 0 Å². The largest absolute Gasteiger partial charge is 0.481 e. The van der Waals surface area contributed by atoms with E-state index >= 15 is 0 Å². The number of carboxylic acid groups (broad SMARTS) is 2. The molecule has 4 heteroatoms. The van der Waals surface area contributed by atoms with Crippen molar-refractivity contribution in [3.63, 3.8) is 0 Å². The van der Waals surface area contributed by atoms with Gasteiger partial charge in [0.25, 0.3) is 0 Å². The Balaban J connectivity index is 2.51. The molecule has 2 N–H and O–H groups in total. The summed E-state index contributed by atoms with van der Waals surface area (Å²) in [7, 11) is 0. The minimum Gasteiger partial charge on any atom is -0.481 e. The zero-order chi connectivity index (χ0) is 9.14. The van der Waals surface area contributed by atoms with Gasteiger partial charge in [0.2, 0.25) is 0 Å². The van der Waals surface area contributed by atoms with Gasteiger partial charge in [0, 0.05) is 0 Å². The molecular weight excluding hydrogens is 160 g/mol. The van der Waals surface area contributed by atoms with Gasteiger partial charge in [-0.2, -0.15) is 0 Å². The lowest BCUT2D eigenvalue weighted by Gasteiger charge is -2.23. The van der Waals surface area contributed by atoms with Crippen LogP contribution in [-0.2, 0) is 9.59 Å². The Morgan fingerprint density at radius 3 is 1.75 bits per heavy atom. The van der Waals surface area contributed by atoms with Crippen LogP contribution in [0.25, 0.3) is 0 Å². The Kier molecular flexibility index (Phi) is 2.68. The van der Waals surface area contributed by atoms with Gasteiger partial charge in [-0.25, -0.2) is 0 Å². The number of rotatable bonds is 2. The maximum atomic E-state index is 10.5. The molecular formula is C8H12O4. The third-order valence-electron chi connectivity index (χ3n) is 2.37. The Morgan fingerprint density at radius 1 is 1.00 bits per heavy atom. The van der Waals surface area contributed by atoms with Crippen molar-refractivity contribution in [2.75, 3.05) is 0 Å². The third kappa shape index (κ3) is 1.96. The maximum Gasteiger partial charge on any atom is 0.306 e. The van der Waals surface area contributed by atoms with E-state index in [9.17, 15) is 9.59 Å². The average Bonchev–Trinajstić information content (AvgIpc) is 2.04. The molecule has 0 spiro atoms. The van der Waals surface area contributed by atoms with E-state index in [1.165, 1.54) is 0 Å². The van der Waals surface area contributed by atoms with Gasteiger partial charge in [-0.1, -0.05) is 6.42 Å². The van der Waals surface area contributed by atoms with E-state index in [4.69, 9.17) is 10.2 Å². The second kappa shape index (κ2) is 3.56. The first-order valence-corrected chi connectivity index (χ1v) is 4.07. The molecule has 1 aliphatic rings. The topological polar surface area (TPSA) is 74.6 Å². The number of aliphatic carboxylic acids is 2. The molecule has 1 rings (SSSR count). The molecule has 1 saturated carbocycles. The molecule has 0 saturated heterocycles. The first-order chi connectivity index (χ1) is 5.61. The van der Waals surface area contributed by atoms with Gasteiger partial charge < -0.3 is 10.2 Å². The molecule has 1 fully saturated rings. The number of carboxylic acids is 2. The van der Waals surface area contributed by atoms with Crippen molar-refractivity contribution in [2.45, 2.75) is 25.7 Å². The van der Waals surface area contributed by atoms with E-state index in [1.807, 2.05) is 0 Å². The normalized spacial score (nSPS) is 29.7. The van der Waals surface area contributed by atoms with Crippen molar-refractivity contribution in [3.8, 4) is 0 Å². The summed E-state index contributed by atoms with van der Waals surface area (Å²) in [5, 5.41) is 17.3. The van der Waals surface area contributed by atoms with Gasteiger partial charge in [0.1, 0.15) is 0 Å². The van der Waals surface area contributed by atoms with Crippen molar-refractivity contribution < 1.29 is 19.8 Å². The summed E-state index contributed by atoms with van der Waals surface area (Å²) in [6.07, 6.45) is 2.26. The quantitative estimate of drug-likeness (QED) is 0.650. The minimum atomic E-state index is -0.860. The number of hydrogen-bond acceptors (Lipinski definition) is 2. The van der Waals surface area contributed by atoms with Gasteiger partial charge in [-0.15, -0.1) is 0 Å². The van der Waals surface area contributed by atoms with E-state index in [0.717, 1.165) is 0 Å². The lowest BCUT2D eigenvalue weighted by atomic mass is 9.81. The Hall–Kier alpha value is -1.06. The average molecular weight is 172 g/mol. The highest BCUT2D eigenvalue weighted by Gasteiger charge is 2.30. The zero-order valence-corrected chi connectivity index (χ0v) is 6.69. The predicted octanol–water partition coefficient (Wildman–Crippen LogP) is 0.962. The summed E-state index contributed by atoms with van der Waals surface area (Å²) >= 11 is 0. The molecule has 0 amide bonds. The monoisotopic (exact) mass is 172 g/mol. The first kappa shape index (κ1) is 9.03. The van der Waals surface area contributed by atoms with Gasteiger partial charge in [0.15, 0.2) is 0 Å². The van der Waals surface area contributed by atoms with E-state index in [2.05, 4.69) is 0 Å². The molecule has 0 aromatic rings. The smallest absolute Gasteiger partial charge is 0.306 e. The summed E-state index contributed by atoms with van der Waals surface area (Å²) in [6.45, 7) is 0. The predicted molar refractivity (Wildman–Crippen MR) is 40.7 cm³/mol. The lowest BCUT2D eigenvalue weighted by Crippen LogP contribution is -2.26. The Bertz CT molecular complexity index is 179. The number of hydrogen-bond donors (Lipinski definition) is 2. The van der Waals surface area contributed by atoms with Gasteiger partial charge in [0.05, 0.1) is 11.8 Å². The summed E-state index contributed by atoms with van der Waals surface area (Å²) in [5.41, 5.74) is 0. The number of carbonyl (C=O) groups is 2. The van der Waals surface area contributed by atoms with Crippen molar-refractivity contribution >= 4 is 11.9 Å². The van der Waals surface area contributed by atoms with E-state index < -0.39 is 23.8 Å². The Labute approximate surface area is 70.2 Å². The fourth-order valence-electron chi connectivity index (χ4n) is 1.64. The van der Waals surface area contributed by atoms with Crippen LogP contribution >= 0.6 is 0 Å². The molecule has 1 aliphatic carbocycles. The summed E-state index contributed by atoms with van der Waals surface area (Å²) in [6, 6.07) is 0. The molecule has 68 valence electrons. The van der Waals surface area contributed by atoms with Crippen LogP contribution in [0, 0.1) is 11.8 Å². The van der Waals surface area contributed by atoms with Gasteiger partial charge in [-0.05, 0) is 19.3 Å². The van der Waals surface area contributed by atoms with Crippen molar-refractivity contribution in [1.29, 1.82) is 0 Å². The van der Waals surface area contributed by atoms with Crippen LogP contribution < -0.4 is 0 Å². The minimum absolute atomic E-state index is 0.296. The zero-order valence-electron chi connectivity index (χ0n) is 6.69. The standard InChI is InChI=1S/C8H12O4/c9-7(10)5-2-1-3-6(4-5)8(11)12/h5-6H,1-4H2,(H,9,10)(H,11,12)/t5-,6+. The van der Waals surface area contributed by atoms with E-state index in [0.29, 0.717) is 25.7 Å². The summed E-state index contributed by atoms with van der Waals surface area (Å²) < 4.78 is 0. The van der Waals surface area contributed by atoms with Crippen LogP contribution in [-0.4, -0.2) is 22.2 Å². The SMILES string of the molecule is O=C(O)[C@@H]1CCC[C@H](C(=O)O)C1. The molecule has 0 aliphatic heterocycles. The molecule has 0 radical (unpaired) electrons. The molecule has 0 heterocycles. The molecule has 0 aromatic heterocycles. The molecule has 0 unspecified atom stereocenters. The second-order valence-corrected chi connectivity index (χ2v) is 3.24. The molecule has 4 nitrogen and oxygen atoms in total. The molecule has 0 aromatic carbocycles. The molecule has 0 bridgehead atoms. The van der Waals surface area contributed by atoms with Gasteiger partial charge >= 0.3 is 11.9 Å². The highest BCUT2D eigenvalue weighted by molar-refractivity contribution is 5.74. The van der Waals surface area contributed by atoms with Gasteiger partial charge in [-0.3, -0.25) is 9.59 Å². The van der Waals surface area contributed by atoms with Crippen LogP contribution in [0.2, 0.25) is 0 Å². The van der Waals surface area contributed by atoms with E-state index in [-0.39, 0.29) is 0 Å². The second-order valence-electron chi connectivity index (χ2n) is 3.24. The fourth-order valence-corrected chi connectivity index (χ4v) is 1.64. The maximum absolute atomic E-state index is 10.5.